The third-order valence-corrected chi connectivity index (χ3v) is 2.54. The Balaban J connectivity index is 2.71. The van der Waals surface area contributed by atoms with Crippen LogP contribution in [-0.2, 0) is 19.1 Å². The Kier molecular flexibility index (Phi) is 4.42. The van der Waals surface area contributed by atoms with Gasteiger partial charge in [-0.1, -0.05) is 0 Å². The maximum Gasteiger partial charge on any atom is 0.334 e. The van der Waals surface area contributed by atoms with Gasteiger partial charge in [-0.15, -0.1) is 0 Å². The van der Waals surface area contributed by atoms with Gasteiger partial charge in [0.1, 0.15) is 0 Å². The highest BCUT2D eigenvalue weighted by Gasteiger charge is 2.29. The lowest BCUT2D eigenvalue weighted by atomic mass is 10.2. The number of carbonyl (C=O) groups excluding carboxylic acids is 2. The van der Waals surface area contributed by atoms with Gasteiger partial charge < -0.3 is 9.84 Å². The number of carboxylic acids is 1. The zero-order valence-electron chi connectivity index (χ0n) is 9.14. The average molecular weight is 229 g/mol. The van der Waals surface area contributed by atoms with E-state index in [2.05, 4.69) is 0 Å². The van der Waals surface area contributed by atoms with E-state index >= 15 is 0 Å². The lowest BCUT2D eigenvalue weighted by Crippen LogP contribution is -2.44. The van der Waals surface area contributed by atoms with Crippen LogP contribution in [0.2, 0.25) is 0 Å². The summed E-state index contributed by atoms with van der Waals surface area (Å²) in [6.07, 6.45) is 0.784. The van der Waals surface area contributed by atoms with E-state index < -0.39 is 12.1 Å². The van der Waals surface area contributed by atoms with Gasteiger partial charge in [-0.25, -0.2) is 4.79 Å². The Morgan fingerprint density at radius 2 is 1.88 bits per heavy atom. The summed E-state index contributed by atoms with van der Waals surface area (Å²) in [6, 6.07) is 0. The molecule has 0 aromatic heterocycles. The van der Waals surface area contributed by atoms with E-state index in [1.54, 1.807) is 0 Å². The van der Waals surface area contributed by atoms with Crippen molar-refractivity contribution in [3.05, 3.63) is 0 Å². The summed E-state index contributed by atoms with van der Waals surface area (Å²) in [5.74, 6) is -1.80. The van der Waals surface area contributed by atoms with Crippen molar-refractivity contribution in [1.82, 2.24) is 4.90 Å². The molecule has 0 aliphatic carbocycles. The van der Waals surface area contributed by atoms with Crippen LogP contribution < -0.4 is 0 Å². The quantitative estimate of drug-likeness (QED) is 0.687. The van der Waals surface area contributed by atoms with Crippen LogP contribution >= 0.6 is 0 Å². The number of carbonyl (C=O) groups is 3. The highest BCUT2D eigenvalue weighted by molar-refractivity contribution is 5.96. The van der Waals surface area contributed by atoms with Gasteiger partial charge in [0.2, 0.25) is 11.8 Å². The van der Waals surface area contributed by atoms with Crippen molar-refractivity contribution in [2.24, 2.45) is 0 Å². The molecular formula is C10H15NO5. The van der Waals surface area contributed by atoms with Crippen LogP contribution in [0.1, 0.15) is 25.7 Å². The lowest BCUT2D eigenvalue weighted by molar-refractivity contribution is -0.154. The van der Waals surface area contributed by atoms with Gasteiger partial charge in [0, 0.05) is 20.0 Å². The van der Waals surface area contributed by atoms with Crippen LogP contribution in [0.5, 0.6) is 0 Å². The Morgan fingerprint density at radius 3 is 2.25 bits per heavy atom. The number of rotatable bonds is 4. The number of carboxylic acid groups (broad SMARTS) is 1. The highest BCUT2D eigenvalue weighted by Crippen LogP contribution is 2.13. The summed E-state index contributed by atoms with van der Waals surface area (Å²) in [6.45, 7) is -0.205. The fourth-order valence-electron chi connectivity index (χ4n) is 1.58. The van der Waals surface area contributed by atoms with Crippen molar-refractivity contribution in [3.8, 4) is 0 Å². The molecule has 6 nitrogen and oxygen atoms in total. The van der Waals surface area contributed by atoms with Gasteiger partial charge in [0.15, 0.2) is 6.10 Å². The molecule has 1 aliphatic heterocycles. The molecule has 0 aromatic carbocycles. The SMILES string of the molecule is COC(CN1C(=O)CCCCC1=O)C(=O)O. The molecular weight excluding hydrogens is 214 g/mol. The average Bonchev–Trinajstić information content (AvgIpc) is 2.38. The number of imide groups is 1. The molecule has 1 unspecified atom stereocenters. The Morgan fingerprint density at radius 1 is 1.38 bits per heavy atom. The molecule has 1 saturated heterocycles. The van der Waals surface area contributed by atoms with Gasteiger partial charge in [-0.2, -0.15) is 0 Å². The number of hydrogen-bond donors (Lipinski definition) is 1. The van der Waals surface area contributed by atoms with E-state index in [0.29, 0.717) is 25.7 Å². The van der Waals surface area contributed by atoms with Gasteiger partial charge in [0.25, 0.3) is 0 Å². The van der Waals surface area contributed by atoms with Crippen LogP contribution in [-0.4, -0.2) is 47.5 Å². The number of methoxy groups -OCH3 is 1. The molecule has 1 rings (SSSR count). The van der Waals surface area contributed by atoms with Crippen molar-refractivity contribution >= 4 is 17.8 Å². The smallest absolute Gasteiger partial charge is 0.334 e. The number of amides is 2. The molecule has 90 valence electrons. The molecule has 0 bridgehead atoms. The molecule has 0 saturated carbocycles. The monoisotopic (exact) mass is 229 g/mol. The van der Waals surface area contributed by atoms with Crippen molar-refractivity contribution < 1.29 is 24.2 Å². The fourth-order valence-corrected chi connectivity index (χ4v) is 1.58. The van der Waals surface area contributed by atoms with Gasteiger partial charge >= 0.3 is 5.97 Å². The molecule has 0 aromatic rings. The highest BCUT2D eigenvalue weighted by atomic mass is 16.5. The summed E-state index contributed by atoms with van der Waals surface area (Å²) < 4.78 is 4.71. The topological polar surface area (TPSA) is 83.9 Å². The van der Waals surface area contributed by atoms with Crippen molar-refractivity contribution in [2.75, 3.05) is 13.7 Å². The lowest BCUT2D eigenvalue weighted by Gasteiger charge is -2.21. The first-order valence-electron chi connectivity index (χ1n) is 5.15. The van der Waals surface area contributed by atoms with Crippen molar-refractivity contribution in [2.45, 2.75) is 31.8 Å². The number of hydrogen-bond acceptors (Lipinski definition) is 4. The molecule has 0 spiro atoms. The van der Waals surface area contributed by atoms with Crippen LogP contribution in [0.15, 0.2) is 0 Å². The molecule has 1 atom stereocenters. The molecule has 2 amide bonds. The molecule has 1 heterocycles. The third kappa shape index (κ3) is 3.03. The van der Waals surface area contributed by atoms with Crippen LogP contribution in [0.3, 0.4) is 0 Å². The third-order valence-electron chi connectivity index (χ3n) is 2.54. The number of nitrogens with zero attached hydrogens (tertiary/aromatic N) is 1. The van der Waals surface area contributed by atoms with E-state index in [1.165, 1.54) is 7.11 Å². The second-order valence-electron chi connectivity index (χ2n) is 3.67. The standard InChI is InChI=1S/C10H15NO5/c1-16-7(10(14)15)6-11-8(12)4-2-3-5-9(11)13/h7H,2-6H2,1H3,(H,14,15). The predicted octanol–water partition coefficient (Wildman–Crippen LogP) is 0.0152. The van der Waals surface area contributed by atoms with Gasteiger partial charge in [-0.3, -0.25) is 14.5 Å². The Labute approximate surface area is 93.2 Å². The van der Waals surface area contributed by atoms with Gasteiger partial charge in [-0.05, 0) is 12.8 Å². The second kappa shape index (κ2) is 5.60. The van der Waals surface area contributed by atoms with E-state index in [9.17, 15) is 14.4 Å². The first-order valence-corrected chi connectivity index (χ1v) is 5.15. The number of aliphatic carboxylic acids is 1. The maximum absolute atomic E-state index is 11.6. The summed E-state index contributed by atoms with van der Waals surface area (Å²) in [5, 5.41) is 8.77. The normalized spacial score (nSPS) is 19.4. The first-order chi connectivity index (χ1) is 7.56. The first kappa shape index (κ1) is 12.6. The maximum atomic E-state index is 11.6. The summed E-state index contributed by atoms with van der Waals surface area (Å²) >= 11 is 0. The Hall–Kier alpha value is -1.43. The van der Waals surface area contributed by atoms with Crippen molar-refractivity contribution in [1.29, 1.82) is 0 Å². The number of ether oxygens (including phenoxy) is 1. The molecule has 16 heavy (non-hydrogen) atoms. The van der Waals surface area contributed by atoms with E-state index in [0.717, 1.165) is 4.90 Å². The molecule has 1 aliphatic rings. The molecule has 1 fully saturated rings. The summed E-state index contributed by atoms with van der Waals surface area (Å²) in [7, 11) is 1.24. The van der Waals surface area contributed by atoms with Crippen LogP contribution in [0, 0.1) is 0 Å². The molecule has 0 radical (unpaired) electrons. The predicted molar refractivity (Wildman–Crippen MR) is 53.6 cm³/mol. The van der Waals surface area contributed by atoms with Gasteiger partial charge in [0.05, 0.1) is 6.54 Å². The van der Waals surface area contributed by atoms with Crippen molar-refractivity contribution in [3.63, 3.8) is 0 Å². The number of likely N-dealkylation sites (tertiary alicyclic amines) is 1. The largest absolute Gasteiger partial charge is 0.479 e. The Bertz CT molecular complexity index is 284. The zero-order chi connectivity index (χ0) is 12.1. The summed E-state index contributed by atoms with van der Waals surface area (Å²) in [5.41, 5.74) is 0. The van der Waals surface area contributed by atoms with Crippen LogP contribution in [0.25, 0.3) is 0 Å². The minimum Gasteiger partial charge on any atom is -0.479 e. The van der Waals surface area contributed by atoms with Crippen LogP contribution in [0.4, 0.5) is 0 Å². The molecule has 6 heteroatoms. The minimum atomic E-state index is -1.17. The van der Waals surface area contributed by atoms with E-state index in [-0.39, 0.29) is 18.4 Å². The van der Waals surface area contributed by atoms with E-state index in [1.807, 2.05) is 0 Å². The van der Waals surface area contributed by atoms with E-state index in [4.69, 9.17) is 9.84 Å². The second-order valence-corrected chi connectivity index (χ2v) is 3.67. The zero-order valence-corrected chi connectivity index (χ0v) is 9.14. The molecule has 1 N–H and O–H groups in total. The summed E-state index contributed by atoms with van der Waals surface area (Å²) in [4.78, 5) is 34.8. The minimum absolute atomic E-state index is 0.205. The fraction of sp³-hybridized carbons (Fsp3) is 0.700.